The Labute approximate surface area is 55.7 Å². The first kappa shape index (κ1) is 8.03. The van der Waals surface area contributed by atoms with E-state index in [9.17, 15) is 0 Å². The van der Waals surface area contributed by atoms with Crippen LogP contribution >= 0.6 is 19.4 Å². The predicted octanol–water partition coefficient (Wildman–Crippen LogP) is 1.10. The van der Waals surface area contributed by atoms with Gasteiger partial charge in [0.1, 0.15) is 0 Å². The molecule has 0 unspecified atom stereocenters. The van der Waals surface area contributed by atoms with Gasteiger partial charge < -0.3 is 0 Å². The van der Waals surface area contributed by atoms with Crippen LogP contribution in [0.25, 0.3) is 0 Å². The molecule has 0 amide bonds. The fourth-order valence-corrected chi connectivity index (χ4v) is 1.64. The van der Waals surface area contributed by atoms with Gasteiger partial charge in [-0.3, -0.25) is 0 Å². The molecule has 0 fully saturated rings. The minimum atomic E-state index is -1.56. The molecule has 0 saturated carbocycles. The SMILES string of the molecule is OCC[CH]=[Ru]([Cl])[Cl]. The van der Waals surface area contributed by atoms with Crippen molar-refractivity contribution < 1.29 is 18.6 Å². The van der Waals surface area contributed by atoms with Crippen molar-refractivity contribution in [2.75, 3.05) is 6.61 Å². The molecule has 1 nitrogen and oxygen atoms in total. The summed E-state index contributed by atoms with van der Waals surface area (Å²) in [5.41, 5.74) is 0. The summed E-state index contributed by atoms with van der Waals surface area (Å²) >= 11 is -1.56. The standard InChI is InChI=1S/C3H6O.2ClH.Ru/c1-2-3-4;;;/h1,4H,2-3H2;2*1H;/q;;;+2/p-2. The van der Waals surface area contributed by atoms with Crippen molar-refractivity contribution in [3.05, 3.63) is 0 Å². The second-order valence-electron chi connectivity index (χ2n) is 0.861. The van der Waals surface area contributed by atoms with Gasteiger partial charge in [0.25, 0.3) is 0 Å². The Bertz CT molecular complexity index is 69.3. The number of aliphatic hydroxyl groups excluding tert-OH is 1. The molecule has 0 spiro atoms. The zero-order valence-electron chi connectivity index (χ0n) is 3.55. The van der Waals surface area contributed by atoms with Crippen molar-refractivity contribution in [2.45, 2.75) is 6.42 Å². The Hall–Kier alpha value is 1.03. The van der Waals surface area contributed by atoms with Gasteiger partial charge in [0.15, 0.2) is 0 Å². The molecular formula is C3H6Cl2ORu. The van der Waals surface area contributed by atoms with Crippen LogP contribution in [0.5, 0.6) is 0 Å². The second-order valence-corrected chi connectivity index (χ2v) is 6.79. The summed E-state index contributed by atoms with van der Waals surface area (Å²) in [6.07, 6.45) is 0.631. The summed E-state index contributed by atoms with van der Waals surface area (Å²) < 4.78 is 1.77. The molecule has 46 valence electrons. The maximum absolute atomic E-state index is 8.19. The van der Waals surface area contributed by atoms with E-state index in [-0.39, 0.29) is 6.61 Å². The Morgan fingerprint density at radius 1 is 1.57 bits per heavy atom. The Morgan fingerprint density at radius 2 is 2.14 bits per heavy atom. The third-order valence-corrected chi connectivity index (χ3v) is 2.67. The van der Waals surface area contributed by atoms with E-state index in [0.717, 1.165) is 0 Å². The van der Waals surface area contributed by atoms with Crippen LogP contribution in [0.15, 0.2) is 0 Å². The molecule has 0 aromatic heterocycles. The zero-order chi connectivity index (χ0) is 5.70. The van der Waals surface area contributed by atoms with Crippen LogP contribution in [0.2, 0.25) is 0 Å². The average Bonchev–Trinajstić information content (AvgIpc) is 1.61. The molecule has 0 atom stereocenters. The van der Waals surface area contributed by atoms with Gasteiger partial charge in [0.2, 0.25) is 0 Å². The summed E-state index contributed by atoms with van der Waals surface area (Å²) in [5.74, 6) is 0. The molecular weight excluding hydrogens is 224 g/mol. The Balaban J connectivity index is 3.08. The van der Waals surface area contributed by atoms with E-state index in [1.54, 1.807) is 4.61 Å². The molecule has 0 radical (unpaired) electrons. The molecule has 4 heteroatoms. The molecule has 0 saturated heterocycles. The first-order valence-electron chi connectivity index (χ1n) is 1.70. The van der Waals surface area contributed by atoms with E-state index in [2.05, 4.69) is 0 Å². The van der Waals surface area contributed by atoms with Gasteiger partial charge in [-0.1, -0.05) is 0 Å². The van der Waals surface area contributed by atoms with E-state index >= 15 is 0 Å². The van der Waals surface area contributed by atoms with Crippen LogP contribution in [0.3, 0.4) is 0 Å². The van der Waals surface area contributed by atoms with E-state index in [1.807, 2.05) is 0 Å². The summed E-state index contributed by atoms with van der Waals surface area (Å²) in [6.45, 7) is 0.157. The molecule has 0 rings (SSSR count). The molecule has 0 aromatic carbocycles. The molecule has 7 heavy (non-hydrogen) atoms. The first-order chi connectivity index (χ1) is 3.27. The topological polar surface area (TPSA) is 20.2 Å². The fraction of sp³-hybridized carbons (Fsp3) is 0.667. The second kappa shape index (κ2) is 5.18. The number of rotatable bonds is 2. The van der Waals surface area contributed by atoms with E-state index < -0.39 is 13.5 Å². The number of hydrogen-bond donors (Lipinski definition) is 1. The molecule has 0 heterocycles. The predicted molar refractivity (Wildman–Crippen MR) is 29.5 cm³/mol. The molecule has 1 N–H and O–H groups in total. The average molecular weight is 230 g/mol. The zero-order valence-corrected chi connectivity index (χ0v) is 6.80. The first-order valence-corrected chi connectivity index (χ1v) is 7.18. The quantitative estimate of drug-likeness (QED) is 0.704. The van der Waals surface area contributed by atoms with E-state index in [4.69, 9.17) is 24.5 Å². The third kappa shape index (κ3) is 7.03. The minimum absolute atomic E-state index is 0.157. The van der Waals surface area contributed by atoms with Crippen LogP contribution in [0, 0.1) is 0 Å². The van der Waals surface area contributed by atoms with Gasteiger partial charge in [0, 0.05) is 0 Å². The molecule has 0 aliphatic heterocycles. The Morgan fingerprint density at radius 3 is 2.29 bits per heavy atom. The summed E-state index contributed by atoms with van der Waals surface area (Å²) in [7, 11) is 10.8. The molecule has 0 bridgehead atoms. The van der Waals surface area contributed by atoms with Crippen LogP contribution in [-0.2, 0) is 13.5 Å². The van der Waals surface area contributed by atoms with Crippen LogP contribution < -0.4 is 0 Å². The number of hydrogen-bond acceptors (Lipinski definition) is 1. The summed E-state index contributed by atoms with van der Waals surface area (Å²) in [6, 6.07) is 0. The number of halogens is 2. The summed E-state index contributed by atoms with van der Waals surface area (Å²) in [4.78, 5) is 0. The van der Waals surface area contributed by atoms with Crippen molar-refractivity contribution in [1.29, 1.82) is 0 Å². The number of aliphatic hydroxyl groups is 1. The Kier molecular flexibility index (Phi) is 5.94. The van der Waals surface area contributed by atoms with Gasteiger partial charge in [-0.2, -0.15) is 0 Å². The molecule has 0 aliphatic rings. The van der Waals surface area contributed by atoms with E-state index in [1.165, 1.54) is 0 Å². The van der Waals surface area contributed by atoms with Crippen molar-refractivity contribution in [1.82, 2.24) is 0 Å². The normalized spacial score (nSPS) is 11.0. The fourth-order valence-electron chi connectivity index (χ4n) is 0.123. The molecule has 0 aliphatic carbocycles. The van der Waals surface area contributed by atoms with Crippen LogP contribution in [-0.4, -0.2) is 16.3 Å². The van der Waals surface area contributed by atoms with Crippen molar-refractivity contribution in [3.8, 4) is 0 Å². The third-order valence-electron chi connectivity index (χ3n) is 0.340. The van der Waals surface area contributed by atoms with Crippen LogP contribution in [0.4, 0.5) is 0 Å². The van der Waals surface area contributed by atoms with E-state index in [0.29, 0.717) is 6.42 Å². The van der Waals surface area contributed by atoms with Gasteiger partial charge >= 0.3 is 55.6 Å². The maximum atomic E-state index is 8.19. The molecule has 0 aromatic rings. The van der Waals surface area contributed by atoms with Crippen molar-refractivity contribution in [2.24, 2.45) is 0 Å². The monoisotopic (exact) mass is 230 g/mol. The van der Waals surface area contributed by atoms with Gasteiger partial charge in [-0.25, -0.2) is 0 Å². The van der Waals surface area contributed by atoms with Gasteiger partial charge in [-0.05, 0) is 0 Å². The van der Waals surface area contributed by atoms with Crippen LogP contribution in [0.1, 0.15) is 6.42 Å². The van der Waals surface area contributed by atoms with Crippen molar-refractivity contribution in [3.63, 3.8) is 0 Å². The summed E-state index contributed by atoms with van der Waals surface area (Å²) in [5, 5.41) is 8.19. The van der Waals surface area contributed by atoms with Gasteiger partial charge in [0.05, 0.1) is 0 Å². The van der Waals surface area contributed by atoms with Gasteiger partial charge in [-0.15, -0.1) is 0 Å². The van der Waals surface area contributed by atoms with Crippen molar-refractivity contribution >= 4 is 24.0 Å².